The molecular weight excluding hydrogens is 415 g/mol. The molecule has 160 valence electrons. The van der Waals surface area contributed by atoms with Crippen molar-refractivity contribution in [2.75, 3.05) is 5.75 Å². The van der Waals surface area contributed by atoms with Gasteiger partial charge in [-0.1, -0.05) is 11.8 Å². The first-order valence-electron chi connectivity index (χ1n) is 9.31. The predicted molar refractivity (Wildman–Crippen MR) is 111 cm³/mol. The van der Waals surface area contributed by atoms with Crippen molar-refractivity contribution in [3.63, 3.8) is 0 Å². The molecule has 9 heteroatoms. The summed E-state index contributed by atoms with van der Waals surface area (Å²) in [4.78, 5) is 20.1. The SMILES string of the molecule is CC(C)(C)OC(=O)NC1=N[C@](C)(c2cc(-c3cccnc3F)c(F)cc2F)CCS1. The van der Waals surface area contributed by atoms with Gasteiger partial charge in [0.25, 0.3) is 0 Å². The number of alkyl carbamates (subject to hydrolysis) is 1. The quantitative estimate of drug-likeness (QED) is 0.639. The lowest BCUT2D eigenvalue weighted by atomic mass is 9.87. The minimum absolute atomic E-state index is 0.0684. The third-order valence-corrected chi connectivity index (χ3v) is 5.35. The highest BCUT2D eigenvalue weighted by atomic mass is 32.2. The highest BCUT2D eigenvalue weighted by Crippen LogP contribution is 2.39. The Morgan fingerprint density at radius 2 is 1.93 bits per heavy atom. The second-order valence-corrected chi connectivity index (χ2v) is 9.15. The van der Waals surface area contributed by atoms with E-state index in [1.807, 2.05) is 0 Å². The second-order valence-electron chi connectivity index (χ2n) is 8.07. The van der Waals surface area contributed by atoms with Crippen LogP contribution in [0, 0.1) is 17.6 Å². The Kier molecular flexibility index (Phi) is 6.12. The first kappa shape index (κ1) is 22.1. The monoisotopic (exact) mass is 437 g/mol. The highest BCUT2D eigenvalue weighted by Gasteiger charge is 2.34. The number of halogens is 3. The van der Waals surface area contributed by atoms with Crippen LogP contribution in [0.1, 0.15) is 39.7 Å². The van der Waals surface area contributed by atoms with Crippen molar-refractivity contribution in [3.05, 3.63) is 53.6 Å². The zero-order chi connectivity index (χ0) is 22.1. The summed E-state index contributed by atoms with van der Waals surface area (Å²) in [6, 6.07) is 4.83. The number of hydrogen-bond acceptors (Lipinski definition) is 5. The molecule has 1 aromatic carbocycles. The van der Waals surface area contributed by atoms with Gasteiger partial charge in [0, 0.05) is 34.7 Å². The number of pyridine rings is 1. The molecule has 0 spiro atoms. The number of benzene rings is 1. The van der Waals surface area contributed by atoms with E-state index in [0.717, 1.165) is 6.07 Å². The molecule has 0 radical (unpaired) electrons. The van der Waals surface area contributed by atoms with Crippen molar-refractivity contribution in [2.24, 2.45) is 4.99 Å². The lowest BCUT2D eigenvalue weighted by molar-refractivity contribution is 0.0564. The highest BCUT2D eigenvalue weighted by molar-refractivity contribution is 8.13. The molecule has 0 saturated heterocycles. The van der Waals surface area contributed by atoms with Gasteiger partial charge in [-0.2, -0.15) is 4.39 Å². The van der Waals surface area contributed by atoms with E-state index in [-0.39, 0.29) is 21.9 Å². The van der Waals surface area contributed by atoms with Crippen LogP contribution < -0.4 is 5.32 Å². The number of hydrogen-bond donors (Lipinski definition) is 1. The number of nitrogens with zero attached hydrogens (tertiary/aromatic N) is 2. The van der Waals surface area contributed by atoms with E-state index >= 15 is 0 Å². The molecule has 1 aromatic heterocycles. The van der Waals surface area contributed by atoms with E-state index in [1.54, 1.807) is 27.7 Å². The molecule has 30 heavy (non-hydrogen) atoms. The molecule has 1 atom stereocenters. The zero-order valence-electron chi connectivity index (χ0n) is 17.1. The van der Waals surface area contributed by atoms with Crippen LogP contribution in [0.2, 0.25) is 0 Å². The Hall–Kier alpha value is -2.55. The molecular formula is C21H22F3N3O2S. The summed E-state index contributed by atoms with van der Waals surface area (Å²) in [6.45, 7) is 6.89. The number of aromatic nitrogens is 1. The molecule has 0 saturated carbocycles. The van der Waals surface area contributed by atoms with E-state index < -0.39 is 34.8 Å². The summed E-state index contributed by atoms with van der Waals surface area (Å²) in [5.74, 6) is -2.00. The Labute approximate surface area is 177 Å². The lowest BCUT2D eigenvalue weighted by Gasteiger charge is -2.31. The molecule has 1 aliphatic rings. The standard InChI is InChI=1S/C21H22F3N3O2S/c1-20(2,3)29-19(28)26-18-27-21(4,7-9-30-18)14-10-13(15(22)11-16(14)23)12-6-5-8-25-17(12)24/h5-6,8,10-11H,7,9H2,1-4H3,(H,26,27,28)/t21-/m0/s1. The van der Waals surface area contributed by atoms with Crippen LogP contribution >= 0.6 is 11.8 Å². The third kappa shape index (κ3) is 4.95. The summed E-state index contributed by atoms with van der Waals surface area (Å²) in [7, 11) is 0. The van der Waals surface area contributed by atoms with Crippen molar-refractivity contribution in [3.8, 4) is 11.1 Å². The summed E-state index contributed by atoms with van der Waals surface area (Å²) >= 11 is 1.30. The molecule has 5 nitrogen and oxygen atoms in total. The molecule has 1 amide bonds. The van der Waals surface area contributed by atoms with Gasteiger partial charge in [0.1, 0.15) is 17.2 Å². The van der Waals surface area contributed by atoms with E-state index in [0.29, 0.717) is 12.2 Å². The maximum atomic E-state index is 14.8. The van der Waals surface area contributed by atoms with Crippen LogP contribution in [0.3, 0.4) is 0 Å². The molecule has 0 fully saturated rings. The average molecular weight is 437 g/mol. The minimum Gasteiger partial charge on any atom is -0.444 e. The van der Waals surface area contributed by atoms with Gasteiger partial charge in [-0.3, -0.25) is 10.3 Å². The van der Waals surface area contributed by atoms with Crippen LogP contribution in [-0.4, -0.2) is 27.6 Å². The van der Waals surface area contributed by atoms with E-state index in [9.17, 15) is 18.0 Å². The van der Waals surface area contributed by atoms with Gasteiger partial charge >= 0.3 is 6.09 Å². The Morgan fingerprint density at radius 3 is 2.60 bits per heavy atom. The summed E-state index contributed by atoms with van der Waals surface area (Å²) in [6.07, 6.45) is 1.02. The average Bonchev–Trinajstić information content (AvgIpc) is 2.61. The zero-order valence-corrected chi connectivity index (χ0v) is 17.9. The molecule has 1 aliphatic heterocycles. The Bertz CT molecular complexity index is 1010. The van der Waals surface area contributed by atoms with Crippen molar-refractivity contribution >= 4 is 23.0 Å². The van der Waals surface area contributed by atoms with Crippen molar-refractivity contribution in [1.82, 2.24) is 10.3 Å². The summed E-state index contributed by atoms with van der Waals surface area (Å²) < 4.78 is 48.5. The number of aliphatic imine (C=N–C) groups is 1. The van der Waals surface area contributed by atoms with Gasteiger partial charge in [-0.25, -0.2) is 18.6 Å². The minimum atomic E-state index is -1.08. The third-order valence-electron chi connectivity index (χ3n) is 4.47. The predicted octanol–water partition coefficient (Wildman–Crippen LogP) is 5.40. The number of carbonyl (C=O) groups is 1. The van der Waals surface area contributed by atoms with Gasteiger partial charge in [0.15, 0.2) is 5.17 Å². The largest absolute Gasteiger partial charge is 0.444 e. The van der Waals surface area contributed by atoms with Crippen LogP contribution in [0.5, 0.6) is 0 Å². The maximum absolute atomic E-state index is 14.8. The molecule has 1 N–H and O–H groups in total. The van der Waals surface area contributed by atoms with Crippen LogP contribution in [-0.2, 0) is 10.3 Å². The van der Waals surface area contributed by atoms with Crippen molar-refractivity contribution in [2.45, 2.75) is 45.3 Å². The molecule has 0 bridgehead atoms. The van der Waals surface area contributed by atoms with Gasteiger partial charge in [0.2, 0.25) is 5.95 Å². The normalized spacial score (nSPS) is 19.2. The van der Waals surface area contributed by atoms with E-state index in [2.05, 4.69) is 15.3 Å². The molecule has 2 heterocycles. The van der Waals surface area contributed by atoms with Crippen LogP contribution in [0.25, 0.3) is 11.1 Å². The number of ether oxygens (including phenoxy) is 1. The molecule has 0 unspecified atom stereocenters. The summed E-state index contributed by atoms with van der Waals surface area (Å²) in [5, 5.41) is 2.85. The number of amidine groups is 1. The number of amides is 1. The number of rotatable bonds is 2. The fourth-order valence-electron chi connectivity index (χ4n) is 3.06. The van der Waals surface area contributed by atoms with Crippen LogP contribution in [0.15, 0.2) is 35.5 Å². The first-order valence-corrected chi connectivity index (χ1v) is 10.3. The number of nitrogens with one attached hydrogen (secondary N) is 1. The topological polar surface area (TPSA) is 63.6 Å². The maximum Gasteiger partial charge on any atom is 0.413 e. The molecule has 0 aliphatic carbocycles. The van der Waals surface area contributed by atoms with Crippen LogP contribution in [0.4, 0.5) is 18.0 Å². The molecule has 2 aromatic rings. The van der Waals surface area contributed by atoms with Gasteiger partial charge in [-0.15, -0.1) is 0 Å². The van der Waals surface area contributed by atoms with Gasteiger partial charge in [-0.05, 0) is 52.3 Å². The molecule has 3 rings (SSSR count). The van der Waals surface area contributed by atoms with Gasteiger partial charge < -0.3 is 4.74 Å². The Balaban J connectivity index is 1.98. The van der Waals surface area contributed by atoms with E-state index in [1.165, 1.54) is 36.2 Å². The second kappa shape index (κ2) is 8.29. The van der Waals surface area contributed by atoms with E-state index in [4.69, 9.17) is 4.74 Å². The van der Waals surface area contributed by atoms with Crippen molar-refractivity contribution in [1.29, 1.82) is 0 Å². The fraction of sp³-hybridized carbons (Fsp3) is 0.381. The lowest BCUT2D eigenvalue weighted by Crippen LogP contribution is -2.38. The van der Waals surface area contributed by atoms with Gasteiger partial charge in [0.05, 0.1) is 5.54 Å². The fourth-order valence-corrected chi connectivity index (χ4v) is 4.18. The van der Waals surface area contributed by atoms with Crippen molar-refractivity contribution < 1.29 is 22.7 Å². The summed E-state index contributed by atoms with van der Waals surface area (Å²) in [5.41, 5.74) is -1.83. The smallest absolute Gasteiger partial charge is 0.413 e. The first-order chi connectivity index (χ1) is 14.0. The number of thioether (sulfide) groups is 1. The number of carbonyl (C=O) groups excluding carboxylic acids is 1. The Morgan fingerprint density at radius 1 is 1.20 bits per heavy atom.